The van der Waals surface area contributed by atoms with Crippen LogP contribution in [0, 0.1) is 17.6 Å². The average Bonchev–Trinajstić information content (AvgIpc) is 2.33. The zero-order valence-electron chi connectivity index (χ0n) is 11.9. The monoisotopic (exact) mass is 271 g/mol. The number of halogens is 2. The first-order chi connectivity index (χ1) is 9.02. The average molecular weight is 271 g/mol. The van der Waals surface area contributed by atoms with Gasteiger partial charge in [0, 0.05) is 24.8 Å². The molecule has 0 bridgehead atoms. The molecule has 0 aliphatic rings. The van der Waals surface area contributed by atoms with Crippen LogP contribution in [0.25, 0.3) is 0 Å². The maximum absolute atomic E-state index is 13.5. The molecule has 1 unspecified atom stereocenters. The Morgan fingerprint density at radius 2 is 1.79 bits per heavy atom. The van der Waals surface area contributed by atoms with Gasteiger partial charge in [0.2, 0.25) is 0 Å². The van der Waals surface area contributed by atoms with Crippen molar-refractivity contribution >= 4 is 0 Å². The molecule has 1 aromatic carbocycles. The van der Waals surface area contributed by atoms with Crippen molar-refractivity contribution in [3.05, 3.63) is 35.4 Å². The van der Waals surface area contributed by atoms with Gasteiger partial charge in [0.15, 0.2) is 0 Å². The maximum atomic E-state index is 13.5. The highest BCUT2D eigenvalue weighted by Gasteiger charge is 2.14. The summed E-state index contributed by atoms with van der Waals surface area (Å²) in [4.78, 5) is 0. The molecule has 0 amide bonds. The largest absolute Gasteiger partial charge is 0.381 e. The fourth-order valence-corrected chi connectivity index (χ4v) is 1.84. The predicted molar refractivity (Wildman–Crippen MR) is 73.0 cm³/mol. The standard InChI is InChI=1S/C15H23F2NO/c1-11(2)10-19-9-5-8-18-12(3)15-13(16)6-4-7-14(15)17/h4,6-7,11-12,18H,5,8-10H2,1-3H3. The Bertz CT molecular complexity index is 362. The van der Waals surface area contributed by atoms with E-state index in [-0.39, 0.29) is 11.6 Å². The Labute approximate surface area is 114 Å². The van der Waals surface area contributed by atoms with Crippen LogP contribution in [0.1, 0.15) is 38.8 Å². The van der Waals surface area contributed by atoms with Gasteiger partial charge < -0.3 is 10.1 Å². The van der Waals surface area contributed by atoms with Crippen LogP contribution in [0.2, 0.25) is 0 Å². The summed E-state index contributed by atoms with van der Waals surface area (Å²) in [6.07, 6.45) is 0.827. The number of rotatable bonds is 8. The van der Waals surface area contributed by atoms with Crippen LogP contribution in [-0.2, 0) is 4.74 Å². The number of benzene rings is 1. The zero-order valence-corrected chi connectivity index (χ0v) is 11.9. The van der Waals surface area contributed by atoms with Crippen LogP contribution in [0.5, 0.6) is 0 Å². The Kier molecular flexibility index (Phi) is 6.95. The van der Waals surface area contributed by atoms with E-state index in [0.29, 0.717) is 19.1 Å². The summed E-state index contributed by atoms with van der Waals surface area (Å²) in [5.41, 5.74) is 0.102. The molecule has 0 heterocycles. The fourth-order valence-electron chi connectivity index (χ4n) is 1.84. The van der Waals surface area contributed by atoms with Gasteiger partial charge in [-0.3, -0.25) is 0 Å². The smallest absolute Gasteiger partial charge is 0.130 e. The lowest BCUT2D eigenvalue weighted by atomic mass is 10.1. The summed E-state index contributed by atoms with van der Waals surface area (Å²) in [6.45, 7) is 8.04. The topological polar surface area (TPSA) is 21.3 Å². The van der Waals surface area contributed by atoms with Crippen molar-refractivity contribution in [2.24, 2.45) is 5.92 Å². The second-order valence-corrected chi connectivity index (χ2v) is 5.13. The van der Waals surface area contributed by atoms with Crippen LogP contribution in [0.4, 0.5) is 8.78 Å². The van der Waals surface area contributed by atoms with Crippen LogP contribution < -0.4 is 5.32 Å². The SMILES string of the molecule is CC(C)COCCCNC(C)c1c(F)cccc1F. The van der Waals surface area contributed by atoms with E-state index in [4.69, 9.17) is 4.74 Å². The molecule has 2 nitrogen and oxygen atoms in total. The van der Waals surface area contributed by atoms with Crippen LogP contribution in [0.3, 0.4) is 0 Å². The second kappa shape index (κ2) is 8.23. The van der Waals surface area contributed by atoms with Crippen LogP contribution in [-0.4, -0.2) is 19.8 Å². The van der Waals surface area contributed by atoms with E-state index < -0.39 is 11.6 Å². The van der Waals surface area contributed by atoms with E-state index in [1.807, 2.05) is 0 Å². The molecule has 0 aromatic heterocycles. The third-order valence-electron chi connectivity index (χ3n) is 2.80. The van der Waals surface area contributed by atoms with E-state index in [0.717, 1.165) is 13.0 Å². The first-order valence-electron chi connectivity index (χ1n) is 6.77. The summed E-state index contributed by atoms with van der Waals surface area (Å²) < 4.78 is 32.5. The Morgan fingerprint density at radius 3 is 2.37 bits per heavy atom. The molecule has 0 aliphatic heterocycles. The minimum absolute atomic E-state index is 0.102. The lowest BCUT2D eigenvalue weighted by Gasteiger charge is -2.16. The van der Waals surface area contributed by atoms with Gasteiger partial charge >= 0.3 is 0 Å². The molecular weight excluding hydrogens is 248 g/mol. The molecule has 108 valence electrons. The highest BCUT2D eigenvalue weighted by atomic mass is 19.1. The van der Waals surface area contributed by atoms with Crippen molar-refractivity contribution in [3.63, 3.8) is 0 Å². The third-order valence-corrected chi connectivity index (χ3v) is 2.80. The highest BCUT2D eigenvalue weighted by Crippen LogP contribution is 2.19. The van der Waals surface area contributed by atoms with Gasteiger partial charge in [-0.25, -0.2) is 8.78 Å². The van der Waals surface area contributed by atoms with E-state index in [1.165, 1.54) is 18.2 Å². The molecule has 0 aliphatic carbocycles. The van der Waals surface area contributed by atoms with Crippen LogP contribution >= 0.6 is 0 Å². The van der Waals surface area contributed by atoms with E-state index in [9.17, 15) is 8.78 Å². The van der Waals surface area contributed by atoms with E-state index in [2.05, 4.69) is 19.2 Å². The summed E-state index contributed by atoms with van der Waals surface area (Å²) >= 11 is 0. The Balaban J connectivity index is 2.30. The Morgan fingerprint density at radius 1 is 1.16 bits per heavy atom. The minimum Gasteiger partial charge on any atom is -0.381 e. The van der Waals surface area contributed by atoms with Crippen molar-refractivity contribution in [2.45, 2.75) is 33.2 Å². The second-order valence-electron chi connectivity index (χ2n) is 5.13. The van der Waals surface area contributed by atoms with Gasteiger partial charge in [-0.2, -0.15) is 0 Å². The van der Waals surface area contributed by atoms with Crippen molar-refractivity contribution in [3.8, 4) is 0 Å². The van der Waals surface area contributed by atoms with Crippen molar-refractivity contribution < 1.29 is 13.5 Å². The third kappa shape index (κ3) is 5.66. The summed E-state index contributed by atoms with van der Waals surface area (Å²) in [6, 6.07) is 3.59. The van der Waals surface area contributed by atoms with Gasteiger partial charge in [0.25, 0.3) is 0 Å². The predicted octanol–water partition coefficient (Wildman–Crippen LogP) is 3.68. The molecule has 1 atom stereocenters. The maximum Gasteiger partial charge on any atom is 0.130 e. The summed E-state index contributed by atoms with van der Waals surface area (Å²) in [5.74, 6) is -0.480. The number of hydrogen-bond donors (Lipinski definition) is 1. The van der Waals surface area contributed by atoms with Gasteiger partial charge in [-0.05, 0) is 37.9 Å². The Hall–Kier alpha value is -1.00. The molecule has 1 rings (SSSR count). The normalized spacial score (nSPS) is 12.9. The van der Waals surface area contributed by atoms with Gasteiger partial charge in [0.1, 0.15) is 11.6 Å². The fraction of sp³-hybridized carbons (Fsp3) is 0.600. The highest BCUT2D eigenvalue weighted by molar-refractivity contribution is 5.22. The van der Waals surface area contributed by atoms with Gasteiger partial charge in [-0.1, -0.05) is 19.9 Å². The first kappa shape index (κ1) is 16.1. The molecule has 4 heteroatoms. The lowest BCUT2D eigenvalue weighted by molar-refractivity contribution is 0.107. The molecule has 0 fully saturated rings. The quantitative estimate of drug-likeness (QED) is 0.728. The van der Waals surface area contributed by atoms with E-state index >= 15 is 0 Å². The molecular formula is C15H23F2NO. The van der Waals surface area contributed by atoms with Crippen molar-refractivity contribution in [1.29, 1.82) is 0 Å². The molecule has 19 heavy (non-hydrogen) atoms. The molecule has 1 N–H and O–H groups in total. The number of hydrogen-bond acceptors (Lipinski definition) is 2. The number of ether oxygens (including phenoxy) is 1. The van der Waals surface area contributed by atoms with Crippen molar-refractivity contribution in [1.82, 2.24) is 5.32 Å². The zero-order chi connectivity index (χ0) is 14.3. The van der Waals surface area contributed by atoms with Crippen LogP contribution in [0.15, 0.2) is 18.2 Å². The van der Waals surface area contributed by atoms with Gasteiger partial charge in [0.05, 0.1) is 0 Å². The van der Waals surface area contributed by atoms with Crippen molar-refractivity contribution in [2.75, 3.05) is 19.8 Å². The number of nitrogens with one attached hydrogen (secondary N) is 1. The van der Waals surface area contributed by atoms with Gasteiger partial charge in [-0.15, -0.1) is 0 Å². The molecule has 0 saturated heterocycles. The lowest BCUT2D eigenvalue weighted by Crippen LogP contribution is -2.23. The molecule has 0 saturated carbocycles. The molecule has 0 radical (unpaired) electrons. The summed E-state index contributed by atoms with van der Waals surface area (Å²) in [7, 11) is 0. The summed E-state index contributed by atoms with van der Waals surface area (Å²) in [5, 5.41) is 3.11. The molecule has 0 spiro atoms. The minimum atomic E-state index is -0.504. The first-order valence-corrected chi connectivity index (χ1v) is 6.77. The molecule has 1 aromatic rings. The van der Waals surface area contributed by atoms with E-state index in [1.54, 1.807) is 6.92 Å².